The van der Waals surface area contributed by atoms with Gasteiger partial charge < -0.3 is 20.7 Å². The Kier molecular flexibility index (Phi) is 11.0. The summed E-state index contributed by atoms with van der Waals surface area (Å²) in [6.45, 7) is 3.38. The van der Waals surface area contributed by atoms with Crippen molar-refractivity contribution in [3.63, 3.8) is 0 Å². The van der Waals surface area contributed by atoms with Crippen molar-refractivity contribution in [3.8, 4) is 5.75 Å². The number of hydrogen-bond acceptors (Lipinski definition) is 5. The molecule has 210 valence electrons. The van der Waals surface area contributed by atoms with E-state index in [0.29, 0.717) is 30.5 Å². The molecule has 0 saturated carbocycles. The molecule has 1 unspecified atom stereocenters. The number of carbonyl (C=O) groups is 3. The molecule has 0 spiro atoms. The molecule has 4 rings (SSSR count). The number of amides is 3. The minimum atomic E-state index is -0.891. The van der Waals surface area contributed by atoms with Crippen LogP contribution in [0.5, 0.6) is 5.75 Å². The SMILES string of the molecule is O=C1CC[C@@H](C(=O)NCC(c2ccccc2)N2CCCCC2)NC(=O)c2cc(Cl)ccc2OCCCCCN1. The predicted octanol–water partition coefficient (Wildman–Crippen LogP) is 4.24. The highest BCUT2D eigenvalue weighted by atomic mass is 35.5. The minimum absolute atomic E-state index is 0.0321. The Morgan fingerprint density at radius 1 is 1.03 bits per heavy atom. The third kappa shape index (κ3) is 8.70. The molecule has 3 N–H and O–H groups in total. The standard InChI is InChI=1S/C30H39ClN4O4/c31-23-12-14-27-24(20-23)29(37)34-25(13-15-28(36)32-16-6-2-9-19-39-27)30(38)33-21-26(22-10-4-1-5-11-22)35-17-7-3-8-18-35/h1,4-5,10-12,14,20,25-26H,2-3,6-9,13,15-19,21H2,(H,32,36)(H,33,38)(H,34,37)/t25-,26?/m0/s1. The highest BCUT2D eigenvalue weighted by molar-refractivity contribution is 6.31. The molecule has 2 heterocycles. The van der Waals surface area contributed by atoms with E-state index in [4.69, 9.17) is 16.3 Å². The molecule has 2 aliphatic rings. The molecule has 0 aliphatic carbocycles. The number of halogens is 1. The Morgan fingerprint density at radius 2 is 1.79 bits per heavy atom. The van der Waals surface area contributed by atoms with Gasteiger partial charge in [-0.15, -0.1) is 0 Å². The highest BCUT2D eigenvalue weighted by Crippen LogP contribution is 2.25. The Hall–Kier alpha value is -3.10. The molecule has 0 radical (unpaired) electrons. The Bertz CT molecular complexity index is 1110. The van der Waals surface area contributed by atoms with Crippen LogP contribution in [0.2, 0.25) is 5.02 Å². The molecule has 0 aromatic heterocycles. The number of hydrogen-bond donors (Lipinski definition) is 3. The van der Waals surface area contributed by atoms with E-state index in [2.05, 4.69) is 33.0 Å². The molecule has 0 bridgehead atoms. The Labute approximate surface area is 235 Å². The maximum atomic E-state index is 13.5. The molecule has 9 heteroatoms. The van der Waals surface area contributed by atoms with Gasteiger partial charge in [0.2, 0.25) is 11.8 Å². The van der Waals surface area contributed by atoms with E-state index in [1.165, 1.54) is 6.42 Å². The van der Waals surface area contributed by atoms with E-state index in [-0.39, 0.29) is 36.3 Å². The first-order valence-corrected chi connectivity index (χ1v) is 14.5. The van der Waals surface area contributed by atoms with Crippen molar-refractivity contribution >= 4 is 29.3 Å². The van der Waals surface area contributed by atoms with Gasteiger partial charge in [-0.05, 0) is 75.4 Å². The average molecular weight is 555 g/mol. The molecule has 1 fully saturated rings. The van der Waals surface area contributed by atoms with Crippen LogP contribution < -0.4 is 20.7 Å². The zero-order chi connectivity index (χ0) is 27.5. The summed E-state index contributed by atoms with van der Waals surface area (Å²) in [6.07, 6.45) is 6.32. The Balaban J connectivity index is 1.51. The molecule has 2 aliphatic heterocycles. The summed E-state index contributed by atoms with van der Waals surface area (Å²) in [5.41, 5.74) is 1.42. The van der Waals surface area contributed by atoms with Gasteiger partial charge in [-0.3, -0.25) is 19.3 Å². The summed E-state index contributed by atoms with van der Waals surface area (Å²) in [5.74, 6) is -0.483. The molecule has 2 aromatic rings. The van der Waals surface area contributed by atoms with Crippen molar-refractivity contribution in [2.45, 2.75) is 63.5 Å². The van der Waals surface area contributed by atoms with Crippen LogP contribution in [-0.4, -0.2) is 61.4 Å². The minimum Gasteiger partial charge on any atom is -0.493 e. The maximum absolute atomic E-state index is 13.5. The number of rotatable bonds is 5. The molecule has 39 heavy (non-hydrogen) atoms. The number of likely N-dealkylation sites (tertiary alicyclic amines) is 1. The third-order valence-corrected chi connectivity index (χ3v) is 7.59. The van der Waals surface area contributed by atoms with Gasteiger partial charge in [0.05, 0.1) is 18.2 Å². The van der Waals surface area contributed by atoms with Crippen LogP contribution >= 0.6 is 11.6 Å². The second-order valence-electron chi connectivity index (χ2n) is 10.2. The van der Waals surface area contributed by atoms with Crippen molar-refractivity contribution < 1.29 is 19.1 Å². The van der Waals surface area contributed by atoms with Gasteiger partial charge in [-0.25, -0.2) is 0 Å². The first-order chi connectivity index (χ1) is 19.0. The number of carbonyl (C=O) groups excluding carboxylic acids is 3. The van der Waals surface area contributed by atoms with Crippen molar-refractivity contribution in [2.75, 3.05) is 32.8 Å². The van der Waals surface area contributed by atoms with E-state index in [1.807, 2.05) is 18.2 Å². The van der Waals surface area contributed by atoms with Crippen LogP contribution in [0.15, 0.2) is 48.5 Å². The number of fused-ring (bicyclic) bond motifs is 1. The van der Waals surface area contributed by atoms with Crippen molar-refractivity contribution in [1.29, 1.82) is 0 Å². The summed E-state index contributed by atoms with van der Waals surface area (Å²) in [4.78, 5) is 41.8. The number of nitrogens with zero attached hydrogens (tertiary/aromatic N) is 1. The van der Waals surface area contributed by atoms with Crippen molar-refractivity contribution in [3.05, 3.63) is 64.7 Å². The van der Waals surface area contributed by atoms with Crippen LogP contribution in [0.1, 0.15) is 73.3 Å². The quantitative estimate of drug-likeness (QED) is 0.513. The molecule has 8 nitrogen and oxygen atoms in total. The fourth-order valence-corrected chi connectivity index (χ4v) is 5.34. The molecular weight excluding hydrogens is 516 g/mol. The van der Waals surface area contributed by atoms with Gasteiger partial charge in [0.25, 0.3) is 5.91 Å². The van der Waals surface area contributed by atoms with Crippen LogP contribution in [0, 0.1) is 0 Å². The molecule has 2 aromatic carbocycles. The van der Waals surface area contributed by atoms with Crippen LogP contribution in [0.4, 0.5) is 0 Å². The molecular formula is C30H39ClN4O4. The molecule has 3 amide bonds. The van der Waals surface area contributed by atoms with E-state index in [0.717, 1.165) is 50.8 Å². The largest absolute Gasteiger partial charge is 0.493 e. The average Bonchev–Trinajstić information content (AvgIpc) is 2.96. The lowest BCUT2D eigenvalue weighted by Gasteiger charge is -2.35. The number of piperidine rings is 1. The summed E-state index contributed by atoms with van der Waals surface area (Å²) >= 11 is 6.20. The first kappa shape index (κ1) is 28.9. The fraction of sp³-hybridized carbons (Fsp3) is 0.500. The smallest absolute Gasteiger partial charge is 0.255 e. The first-order valence-electron chi connectivity index (χ1n) is 14.1. The van der Waals surface area contributed by atoms with E-state index in [9.17, 15) is 14.4 Å². The van der Waals surface area contributed by atoms with E-state index in [1.54, 1.807) is 18.2 Å². The van der Waals surface area contributed by atoms with Crippen LogP contribution in [0.25, 0.3) is 0 Å². The predicted molar refractivity (Wildman–Crippen MR) is 152 cm³/mol. The molecule has 2 atom stereocenters. The zero-order valence-electron chi connectivity index (χ0n) is 22.4. The van der Waals surface area contributed by atoms with Gasteiger partial charge in [0.15, 0.2) is 0 Å². The summed E-state index contributed by atoms with van der Waals surface area (Å²) in [5, 5.41) is 9.24. The van der Waals surface area contributed by atoms with Gasteiger partial charge in [0.1, 0.15) is 11.8 Å². The van der Waals surface area contributed by atoms with Crippen LogP contribution in [-0.2, 0) is 9.59 Å². The number of nitrogens with one attached hydrogen (secondary N) is 3. The summed E-state index contributed by atoms with van der Waals surface area (Å²) in [7, 11) is 0. The fourth-order valence-electron chi connectivity index (χ4n) is 5.17. The van der Waals surface area contributed by atoms with Gasteiger partial charge in [-0.1, -0.05) is 48.4 Å². The zero-order valence-corrected chi connectivity index (χ0v) is 23.2. The molecule has 1 saturated heterocycles. The van der Waals surface area contributed by atoms with E-state index >= 15 is 0 Å². The lowest BCUT2D eigenvalue weighted by molar-refractivity contribution is -0.124. The maximum Gasteiger partial charge on any atom is 0.255 e. The number of ether oxygens (including phenoxy) is 1. The van der Waals surface area contributed by atoms with Gasteiger partial charge in [-0.2, -0.15) is 0 Å². The second kappa shape index (κ2) is 14.9. The van der Waals surface area contributed by atoms with Crippen molar-refractivity contribution in [1.82, 2.24) is 20.9 Å². The van der Waals surface area contributed by atoms with Gasteiger partial charge in [0, 0.05) is 24.5 Å². The second-order valence-corrected chi connectivity index (χ2v) is 10.7. The highest BCUT2D eigenvalue weighted by Gasteiger charge is 2.27. The monoisotopic (exact) mass is 554 g/mol. The van der Waals surface area contributed by atoms with Crippen LogP contribution in [0.3, 0.4) is 0 Å². The summed E-state index contributed by atoms with van der Waals surface area (Å²) in [6, 6.07) is 14.2. The number of benzene rings is 2. The Morgan fingerprint density at radius 3 is 2.59 bits per heavy atom. The lowest BCUT2D eigenvalue weighted by atomic mass is 10.0. The van der Waals surface area contributed by atoms with Gasteiger partial charge >= 0.3 is 0 Å². The normalized spacial score (nSPS) is 20.7. The summed E-state index contributed by atoms with van der Waals surface area (Å²) < 4.78 is 5.89. The lowest BCUT2D eigenvalue weighted by Crippen LogP contribution is -2.49. The topological polar surface area (TPSA) is 99.8 Å². The van der Waals surface area contributed by atoms with E-state index < -0.39 is 11.9 Å². The van der Waals surface area contributed by atoms with Crippen molar-refractivity contribution in [2.24, 2.45) is 0 Å². The third-order valence-electron chi connectivity index (χ3n) is 7.35.